The van der Waals surface area contributed by atoms with Gasteiger partial charge in [-0.05, 0) is 56.5 Å². The molecular weight excluding hydrogens is 764 g/mol. The molecule has 284 valence electrons. The summed E-state index contributed by atoms with van der Waals surface area (Å²) in [5, 5.41) is 4.84. The van der Waals surface area contributed by atoms with Crippen LogP contribution in [0.5, 0.6) is 0 Å². The van der Waals surface area contributed by atoms with Crippen LogP contribution < -0.4 is 22.2 Å². The molecule has 3 N–H and O–H groups in total. The molecule has 0 amide bonds. The minimum absolute atomic E-state index is 0. The summed E-state index contributed by atoms with van der Waals surface area (Å²) in [6.07, 6.45) is 4.90. The maximum absolute atomic E-state index is 12.7. The predicted octanol–water partition coefficient (Wildman–Crippen LogP) is 8.49. The van der Waals surface area contributed by atoms with Gasteiger partial charge >= 0.3 is 0 Å². The smallest absolute Gasteiger partial charge is 0.277 e. The van der Waals surface area contributed by atoms with E-state index in [1.807, 2.05) is 32.0 Å². The zero-order valence-electron chi connectivity index (χ0n) is 27.5. The third-order valence-corrected chi connectivity index (χ3v) is 11.8. The van der Waals surface area contributed by atoms with E-state index in [1.165, 1.54) is 40.0 Å². The van der Waals surface area contributed by atoms with Crippen LogP contribution >= 0.6 is 45.9 Å². The quantitative estimate of drug-likeness (QED) is 0.152. The summed E-state index contributed by atoms with van der Waals surface area (Å²) in [5.74, 6) is -0.0787. The molecule has 4 heterocycles. The molecule has 0 bridgehead atoms. The van der Waals surface area contributed by atoms with Crippen molar-refractivity contribution in [1.29, 1.82) is 0 Å². The number of aromatic nitrogens is 6. The maximum Gasteiger partial charge on any atom is 0.277 e. The number of thiazole rings is 2. The van der Waals surface area contributed by atoms with E-state index in [-0.39, 0.29) is 53.8 Å². The van der Waals surface area contributed by atoms with Crippen molar-refractivity contribution in [3.8, 4) is 11.4 Å². The first-order chi connectivity index (χ1) is 23.4. The van der Waals surface area contributed by atoms with Crippen molar-refractivity contribution in [1.82, 2.24) is 29.1 Å². The van der Waals surface area contributed by atoms with Gasteiger partial charge in [-0.25, -0.2) is 23.4 Å². The third-order valence-electron chi connectivity index (χ3n) is 6.94. The molecule has 4 aromatic heterocycles. The van der Waals surface area contributed by atoms with Gasteiger partial charge in [0.1, 0.15) is 22.1 Å². The lowest BCUT2D eigenvalue weighted by atomic mass is 10.2. The Balaban J connectivity index is 0.000000448. The number of fused-ring (bicyclic) bond motifs is 2. The van der Waals surface area contributed by atoms with Gasteiger partial charge in [0.2, 0.25) is 14.2 Å². The van der Waals surface area contributed by atoms with Gasteiger partial charge in [0.15, 0.2) is 16.4 Å². The summed E-state index contributed by atoms with van der Waals surface area (Å²) >= 11 is 14.6. The Morgan fingerprint density at radius 3 is 1.65 bits per heavy atom. The van der Waals surface area contributed by atoms with Crippen molar-refractivity contribution >= 4 is 81.5 Å². The van der Waals surface area contributed by atoms with Crippen molar-refractivity contribution < 1.29 is 8.42 Å². The van der Waals surface area contributed by atoms with Crippen LogP contribution in [0.2, 0.25) is 10.0 Å². The molecule has 6 aromatic rings. The summed E-state index contributed by atoms with van der Waals surface area (Å²) < 4.78 is 27.3. The number of halogens is 2. The van der Waals surface area contributed by atoms with Crippen molar-refractivity contribution in [3.63, 3.8) is 0 Å². The topological polar surface area (TPSA) is 168 Å². The molecule has 0 atom stereocenters. The van der Waals surface area contributed by atoms with Crippen LogP contribution in [-0.2, 0) is 9.84 Å². The lowest BCUT2D eigenvalue weighted by Crippen LogP contribution is -2.19. The molecule has 17 heteroatoms. The average molecular weight is 812 g/mol. The van der Waals surface area contributed by atoms with Crippen LogP contribution in [0.15, 0.2) is 63.0 Å². The van der Waals surface area contributed by atoms with Crippen LogP contribution in [0, 0.1) is 13.8 Å². The predicted molar refractivity (Wildman–Crippen MR) is 222 cm³/mol. The SMILES string of the molecule is C.C.C.CCCN.CCCNc1nc2ncn(-c3c(C)cccc3Cl)c(=O)c2s1.CCS(=O)(=O)c1nc2ncn(-c3c(C)cccc3Cl)c(=O)c2s1. The van der Waals surface area contributed by atoms with Gasteiger partial charge in [-0.15, -0.1) is 0 Å². The highest BCUT2D eigenvalue weighted by molar-refractivity contribution is 7.93. The fourth-order valence-electron chi connectivity index (χ4n) is 4.35. The number of rotatable bonds is 8. The molecular formula is C35H48Cl2N8O4S3. The van der Waals surface area contributed by atoms with E-state index in [9.17, 15) is 18.0 Å². The Bertz CT molecular complexity index is 2280. The van der Waals surface area contributed by atoms with E-state index in [4.69, 9.17) is 28.9 Å². The molecule has 0 saturated carbocycles. The van der Waals surface area contributed by atoms with Crippen LogP contribution in [0.25, 0.3) is 32.1 Å². The van der Waals surface area contributed by atoms with Crippen molar-refractivity contribution in [2.24, 2.45) is 5.73 Å². The largest absolute Gasteiger partial charge is 0.361 e. The number of sulfone groups is 1. The van der Waals surface area contributed by atoms with Crippen LogP contribution in [-0.4, -0.2) is 56.3 Å². The second-order valence-electron chi connectivity index (χ2n) is 10.6. The van der Waals surface area contributed by atoms with Gasteiger partial charge < -0.3 is 11.1 Å². The zero-order valence-corrected chi connectivity index (χ0v) is 31.5. The Kier molecular flexibility index (Phi) is 18.2. The molecule has 0 aliphatic heterocycles. The minimum Gasteiger partial charge on any atom is -0.361 e. The highest BCUT2D eigenvalue weighted by Crippen LogP contribution is 2.27. The second kappa shape index (κ2) is 20.5. The number of para-hydroxylation sites is 2. The van der Waals surface area contributed by atoms with E-state index in [1.54, 1.807) is 18.2 Å². The Morgan fingerprint density at radius 2 is 1.23 bits per heavy atom. The summed E-state index contributed by atoms with van der Waals surface area (Å²) in [4.78, 5) is 42.1. The fraction of sp³-hybridized carbons (Fsp3) is 0.371. The van der Waals surface area contributed by atoms with Crippen molar-refractivity contribution in [2.45, 2.75) is 74.1 Å². The first-order valence-corrected chi connectivity index (χ1v) is 19.4. The number of hydrogen-bond acceptors (Lipinski definition) is 12. The second-order valence-corrected chi connectivity index (χ2v) is 15.8. The van der Waals surface area contributed by atoms with Gasteiger partial charge in [-0.1, -0.05) is 113 Å². The van der Waals surface area contributed by atoms with Crippen LogP contribution in [0.3, 0.4) is 0 Å². The molecule has 0 fully saturated rings. The van der Waals surface area contributed by atoms with Crippen molar-refractivity contribution in [3.05, 3.63) is 90.9 Å². The van der Waals surface area contributed by atoms with E-state index in [0.717, 1.165) is 53.5 Å². The summed E-state index contributed by atoms with van der Waals surface area (Å²) in [7, 11) is -3.48. The number of nitrogens with zero attached hydrogens (tertiary/aromatic N) is 6. The average Bonchev–Trinajstić information content (AvgIpc) is 3.72. The van der Waals surface area contributed by atoms with Crippen LogP contribution in [0.1, 0.15) is 67.0 Å². The van der Waals surface area contributed by atoms with Crippen LogP contribution in [0.4, 0.5) is 5.13 Å². The van der Waals surface area contributed by atoms with Gasteiger partial charge in [-0.3, -0.25) is 18.7 Å². The molecule has 0 saturated heterocycles. The Labute approximate surface area is 323 Å². The lowest BCUT2D eigenvalue weighted by Gasteiger charge is -2.10. The number of anilines is 1. The minimum atomic E-state index is -3.48. The number of nitrogens with two attached hydrogens (primary N) is 1. The van der Waals surface area contributed by atoms with E-state index < -0.39 is 9.84 Å². The van der Waals surface area contributed by atoms with Gasteiger partial charge in [-0.2, -0.15) is 4.98 Å². The molecule has 0 spiro atoms. The first kappa shape index (κ1) is 46.3. The molecule has 0 unspecified atom stereocenters. The number of nitrogens with one attached hydrogen (secondary N) is 1. The molecule has 0 aliphatic rings. The van der Waals surface area contributed by atoms with Gasteiger partial charge in [0.25, 0.3) is 11.1 Å². The molecule has 52 heavy (non-hydrogen) atoms. The summed E-state index contributed by atoms with van der Waals surface area (Å²) in [6, 6.07) is 10.8. The maximum atomic E-state index is 12.7. The van der Waals surface area contributed by atoms with Gasteiger partial charge in [0.05, 0.1) is 27.2 Å². The lowest BCUT2D eigenvalue weighted by molar-refractivity contribution is 0.596. The van der Waals surface area contributed by atoms with E-state index in [0.29, 0.717) is 31.8 Å². The van der Waals surface area contributed by atoms with Crippen molar-refractivity contribution in [2.75, 3.05) is 24.2 Å². The normalized spacial score (nSPS) is 10.5. The summed E-state index contributed by atoms with van der Waals surface area (Å²) in [5.41, 5.74) is 8.02. The molecule has 0 aliphatic carbocycles. The molecule has 2 aromatic carbocycles. The molecule has 0 radical (unpaired) electrons. The number of hydrogen-bond donors (Lipinski definition) is 2. The zero-order chi connectivity index (χ0) is 35.9. The Hall–Kier alpha value is -3.73. The molecule has 6 rings (SSSR count). The Morgan fingerprint density at radius 1 is 0.769 bits per heavy atom. The number of aryl methyl sites for hydroxylation is 2. The monoisotopic (exact) mass is 810 g/mol. The van der Waals surface area contributed by atoms with E-state index >= 15 is 0 Å². The fourth-order valence-corrected chi connectivity index (χ4v) is 8.11. The third kappa shape index (κ3) is 10.2. The summed E-state index contributed by atoms with van der Waals surface area (Å²) in [6.45, 7) is 11.0. The van der Waals surface area contributed by atoms with Gasteiger partial charge in [0, 0.05) is 6.54 Å². The first-order valence-electron chi connectivity index (χ1n) is 15.3. The standard InChI is InChI=1S/C15H15ClN4OS.C14H12ClN3O3S2.C3H9N.3CH4/c1-3-7-17-15-19-13-12(22-15)14(21)20(8-18-13)11-9(2)5-4-6-10(11)16;1-3-23(20,21)14-17-12-11(22-14)13(19)18(7-16-12)10-8(2)5-4-6-9(10)15;1-2-3-4;;;/h4-6,8H,3,7H2,1-2H3,(H,17,19);4-7H,3H2,1-2H3;2-4H2,1H3;3*1H4. The highest BCUT2D eigenvalue weighted by Gasteiger charge is 2.21. The van der Waals surface area contributed by atoms with E-state index in [2.05, 4.69) is 39.1 Å². The molecule has 12 nitrogen and oxygen atoms in total. The highest BCUT2D eigenvalue weighted by atomic mass is 35.5. The number of benzene rings is 2.